The van der Waals surface area contributed by atoms with E-state index < -0.39 is 5.97 Å². The van der Waals surface area contributed by atoms with Crippen molar-refractivity contribution in [2.45, 2.75) is 13.5 Å². The molecule has 2 aromatic heterocycles. The van der Waals surface area contributed by atoms with E-state index in [0.717, 1.165) is 0 Å². The molecule has 6 heteroatoms. The summed E-state index contributed by atoms with van der Waals surface area (Å²) in [6.07, 6.45) is 2.85. The minimum Gasteiger partial charge on any atom is -0.467 e. The Kier molecular flexibility index (Phi) is 3.74. The first-order valence-electron chi connectivity index (χ1n) is 6.88. The summed E-state index contributed by atoms with van der Waals surface area (Å²) >= 11 is 0. The zero-order chi connectivity index (χ0) is 15.5. The van der Waals surface area contributed by atoms with Crippen molar-refractivity contribution < 1.29 is 13.9 Å². The molecule has 0 N–H and O–H groups in total. The van der Waals surface area contributed by atoms with Crippen LogP contribution in [-0.4, -0.2) is 22.1 Å². The minimum atomic E-state index is -0.465. The quantitative estimate of drug-likeness (QED) is 0.690. The molecule has 0 aliphatic carbocycles. The Morgan fingerprint density at radius 1 is 1.32 bits per heavy atom. The van der Waals surface area contributed by atoms with Crippen LogP contribution >= 0.6 is 0 Å². The highest BCUT2D eigenvalue weighted by Gasteiger charge is 2.16. The molecule has 0 aliphatic heterocycles. The number of aromatic nitrogens is 2. The lowest BCUT2D eigenvalue weighted by Gasteiger charge is -2.06. The molecule has 0 atom stereocenters. The maximum atomic E-state index is 12.4. The Bertz CT molecular complexity index is 879. The largest absolute Gasteiger partial charge is 0.467 e. The molecule has 0 fully saturated rings. The number of ether oxygens (including phenoxy) is 1. The fourth-order valence-corrected chi connectivity index (χ4v) is 2.23. The van der Waals surface area contributed by atoms with Crippen molar-refractivity contribution >= 4 is 16.9 Å². The van der Waals surface area contributed by atoms with Gasteiger partial charge in [-0.25, -0.2) is 9.78 Å². The summed E-state index contributed by atoms with van der Waals surface area (Å²) in [5.41, 5.74) is 0.771. The number of benzene rings is 1. The van der Waals surface area contributed by atoms with Crippen molar-refractivity contribution in [1.82, 2.24) is 9.55 Å². The molecule has 3 aromatic rings. The van der Waals surface area contributed by atoms with Crippen LogP contribution in [0.3, 0.4) is 0 Å². The maximum Gasteiger partial charge on any atom is 0.341 e. The summed E-state index contributed by atoms with van der Waals surface area (Å²) in [7, 11) is 0. The second-order valence-corrected chi connectivity index (χ2v) is 4.67. The molecular weight excluding hydrogens is 284 g/mol. The van der Waals surface area contributed by atoms with Crippen LogP contribution in [0, 0.1) is 0 Å². The van der Waals surface area contributed by atoms with Crippen molar-refractivity contribution in [3.05, 3.63) is 64.6 Å². The molecule has 22 heavy (non-hydrogen) atoms. The van der Waals surface area contributed by atoms with Crippen molar-refractivity contribution in [3.8, 4) is 0 Å². The number of fused-ring (bicyclic) bond motifs is 1. The van der Waals surface area contributed by atoms with Crippen LogP contribution in [0.4, 0.5) is 0 Å². The number of nitrogens with zero attached hydrogens (tertiary/aromatic N) is 2. The number of hydrogen-bond acceptors (Lipinski definition) is 5. The monoisotopic (exact) mass is 298 g/mol. The first-order chi connectivity index (χ1) is 10.7. The van der Waals surface area contributed by atoms with Gasteiger partial charge in [0.1, 0.15) is 11.3 Å². The lowest BCUT2D eigenvalue weighted by atomic mass is 10.2. The number of para-hydroxylation sites is 1. The molecule has 0 radical (unpaired) electrons. The predicted molar refractivity (Wildman–Crippen MR) is 79.8 cm³/mol. The molecule has 0 saturated heterocycles. The molecule has 1 aromatic carbocycles. The van der Waals surface area contributed by atoms with Crippen LogP contribution in [0.25, 0.3) is 10.9 Å². The number of rotatable bonds is 4. The number of carbonyl (C=O) groups is 1. The highest BCUT2D eigenvalue weighted by molar-refractivity contribution is 5.90. The van der Waals surface area contributed by atoms with Gasteiger partial charge in [0.05, 0.1) is 36.6 Å². The highest BCUT2D eigenvalue weighted by atomic mass is 16.5. The predicted octanol–water partition coefficient (Wildman–Crippen LogP) is 2.21. The molecule has 0 unspecified atom stereocenters. The third-order valence-electron chi connectivity index (χ3n) is 3.29. The molecule has 0 saturated carbocycles. The van der Waals surface area contributed by atoms with Gasteiger partial charge in [0, 0.05) is 0 Å². The summed E-state index contributed by atoms with van der Waals surface area (Å²) in [5.74, 6) is -0.0920. The topological polar surface area (TPSA) is 74.3 Å². The molecule has 0 amide bonds. The van der Waals surface area contributed by atoms with E-state index >= 15 is 0 Å². The van der Waals surface area contributed by atoms with Crippen LogP contribution in [0.2, 0.25) is 0 Å². The summed E-state index contributed by atoms with van der Waals surface area (Å²) in [6.45, 7) is 2.13. The first-order valence-corrected chi connectivity index (χ1v) is 6.88. The van der Waals surface area contributed by atoms with Gasteiger partial charge < -0.3 is 9.15 Å². The lowest BCUT2D eigenvalue weighted by Crippen LogP contribution is -2.22. The average molecular weight is 298 g/mol. The molecule has 3 rings (SSSR count). The zero-order valence-electron chi connectivity index (χ0n) is 12.0. The number of furan rings is 1. The van der Waals surface area contributed by atoms with Gasteiger partial charge in [0.15, 0.2) is 0 Å². The van der Waals surface area contributed by atoms with E-state index in [2.05, 4.69) is 4.98 Å². The van der Waals surface area contributed by atoms with Crippen molar-refractivity contribution in [2.24, 2.45) is 0 Å². The van der Waals surface area contributed by atoms with Gasteiger partial charge in [-0.2, -0.15) is 0 Å². The summed E-state index contributed by atoms with van der Waals surface area (Å²) in [4.78, 5) is 28.5. The molecule has 112 valence electrons. The first kappa shape index (κ1) is 14.1. The third-order valence-corrected chi connectivity index (χ3v) is 3.29. The molecular formula is C16H14N2O4. The molecule has 6 nitrogen and oxygen atoms in total. The van der Waals surface area contributed by atoms with Gasteiger partial charge in [0.25, 0.3) is 5.56 Å². The third kappa shape index (κ3) is 2.50. The van der Waals surface area contributed by atoms with Crippen LogP contribution in [0.1, 0.15) is 23.0 Å². The van der Waals surface area contributed by atoms with E-state index in [0.29, 0.717) is 22.2 Å². The molecule has 0 aliphatic rings. The second-order valence-electron chi connectivity index (χ2n) is 4.67. The second kappa shape index (κ2) is 5.85. The normalized spacial score (nSPS) is 10.8. The standard InChI is InChI=1S/C16H14N2O4/c1-2-21-16(20)12-7-8-22-14(12)9-18-10-17-13-6-4-3-5-11(13)15(18)19/h3-8,10H,2,9H2,1H3. The minimum absolute atomic E-state index is 0.123. The Morgan fingerprint density at radius 3 is 2.95 bits per heavy atom. The maximum absolute atomic E-state index is 12.4. The Labute approximate surface area is 126 Å². The molecule has 0 bridgehead atoms. The van der Waals surface area contributed by atoms with E-state index in [1.165, 1.54) is 23.2 Å². The summed E-state index contributed by atoms with van der Waals surface area (Å²) < 4.78 is 11.7. The highest BCUT2D eigenvalue weighted by Crippen LogP contribution is 2.14. The smallest absolute Gasteiger partial charge is 0.341 e. The number of carbonyl (C=O) groups excluding carboxylic acids is 1. The van der Waals surface area contributed by atoms with Gasteiger partial charge in [-0.1, -0.05) is 12.1 Å². The van der Waals surface area contributed by atoms with Crippen LogP contribution in [-0.2, 0) is 11.3 Å². The summed E-state index contributed by atoms with van der Waals surface area (Å²) in [6, 6.07) is 8.64. The molecule has 0 spiro atoms. The van der Waals surface area contributed by atoms with E-state index in [9.17, 15) is 9.59 Å². The van der Waals surface area contributed by atoms with Gasteiger partial charge in [0.2, 0.25) is 0 Å². The lowest BCUT2D eigenvalue weighted by molar-refractivity contribution is 0.0523. The zero-order valence-corrected chi connectivity index (χ0v) is 12.0. The average Bonchev–Trinajstić information content (AvgIpc) is 2.99. The SMILES string of the molecule is CCOC(=O)c1ccoc1Cn1cnc2ccccc2c1=O. The van der Waals surface area contributed by atoms with Gasteiger partial charge >= 0.3 is 5.97 Å². The van der Waals surface area contributed by atoms with Crippen molar-refractivity contribution in [3.63, 3.8) is 0 Å². The van der Waals surface area contributed by atoms with E-state index in [4.69, 9.17) is 9.15 Å². The van der Waals surface area contributed by atoms with E-state index in [1.54, 1.807) is 25.1 Å². The van der Waals surface area contributed by atoms with Crippen molar-refractivity contribution in [2.75, 3.05) is 6.61 Å². The van der Waals surface area contributed by atoms with Gasteiger partial charge in [-0.3, -0.25) is 9.36 Å². The Hall–Kier alpha value is -2.89. The van der Waals surface area contributed by atoms with Crippen molar-refractivity contribution in [1.29, 1.82) is 0 Å². The molecule has 2 heterocycles. The fourth-order valence-electron chi connectivity index (χ4n) is 2.23. The van der Waals surface area contributed by atoms with Crippen LogP contribution in [0.5, 0.6) is 0 Å². The Balaban J connectivity index is 1.98. The van der Waals surface area contributed by atoms with E-state index in [1.807, 2.05) is 6.07 Å². The summed E-state index contributed by atoms with van der Waals surface area (Å²) in [5, 5.41) is 0.522. The van der Waals surface area contributed by atoms with Gasteiger partial charge in [-0.05, 0) is 25.1 Å². The fraction of sp³-hybridized carbons (Fsp3) is 0.188. The number of esters is 1. The van der Waals surface area contributed by atoms with Gasteiger partial charge in [-0.15, -0.1) is 0 Å². The van der Waals surface area contributed by atoms with E-state index in [-0.39, 0.29) is 18.7 Å². The number of hydrogen-bond donors (Lipinski definition) is 0. The Morgan fingerprint density at radius 2 is 2.14 bits per heavy atom. The van der Waals surface area contributed by atoms with Crippen LogP contribution < -0.4 is 5.56 Å². The van der Waals surface area contributed by atoms with Crippen LogP contribution in [0.15, 0.2) is 52.1 Å².